The molecule has 1 rings (SSSR count). The van der Waals surface area contributed by atoms with Crippen LogP contribution in [0.5, 0.6) is 0 Å². The molecule has 23 heavy (non-hydrogen) atoms. The van der Waals surface area contributed by atoms with Crippen LogP contribution in [-0.4, -0.2) is 12.6 Å². The summed E-state index contributed by atoms with van der Waals surface area (Å²) in [6.07, 6.45) is 21.1. The van der Waals surface area contributed by atoms with Gasteiger partial charge in [-0.15, -0.1) is 0 Å². The van der Waals surface area contributed by atoms with E-state index >= 15 is 0 Å². The Morgan fingerprint density at radius 2 is 1.48 bits per heavy atom. The largest absolute Gasteiger partial charge is 0.466 e. The van der Waals surface area contributed by atoms with Gasteiger partial charge in [-0.25, -0.2) is 0 Å². The first-order valence-corrected chi connectivity index (χ1v) is 10.3. The predicted molar refractivity (Wildman–Crippen MR) is 98.3 cm³/mol. The molecule has 1 aliphatic carbocycles. The van der Waals surface area contributed by atoms with Gasteiger partial charge in [0.05, 0.1) is 6.61 Å². The lowest BCUT2D eigenvalue weighted by Crippen LogP contribution is -2.07. The third-order valence-electron chi connectivity index (χ3n) is 5.13. The number of rotatable bonds is 14. The Bertz CT molecular complexity index is 269. The number of ether oxygens (including phenoxy) is 1. The fourth-order valence-electron chi connectivity index (χ4n) is 3.60. The lowest BCUT2D eigenvalue weighted by atomic mass is 9.86. The first kappa shape index (κ1) is 20.5. The second kappa shape index (κ2) is 15.0. The molecule has 1 fully saturated rings. The molecule has 1 aliphatic rings. The van der Waals surface area contributed by atoms with Crippen molar-refractivity contribution in [1.29, 1.82) is 0 Å². The number of hydrogen-bond donors (Lipinski definition) is 0. The summed E-state index contributed by atoms with van der Waals surface area (Å²) in [7, 11) is 0. The molecule has 2 heteroatoms. The quantitative estimate of drug-likeness (QED) is 0.265. The average Bonchev–Trinajstić information content (AvgIpc) is 2.58. The van der Waals surface area contributed by atoms with E-state index in [9.17, 15) is 4.79 Å². The molecule has 0 aromatic heterocycles. The van der Waals surface area contributed by atoms with Crippen molar-refractivity contribution >= 4 is 5.97 Å². The van der Waals surface area contributed by atoms with E-state index in [2.05, 4.69) is 6.92 Å². The van der Waals surface area contributed by atoms with E-state index in [1.807, 2.05) is 0 Å². The third-order valence-corrected chi connectivity index (χ3v) is 5.13. The Morgan fingerprint density at radius 1 is 0.826 bits per heavy atom. The Balaban J connectivity index is 1.79. The van der Waals surface area contributed by atoms with Crippen LogP contribution in [0, 0.1) is 12.8 Å². The van der Waals surface area contributed by atoms with Crippen molar-refractivity contribution in [3.8, 4) is 0 Å². The second-order valence-corrected chi connectivity index (χ2v) is 7.30. The average molecular weight is 324 g/mol. The van der Waals surface area contributed by atoms with E-state index in [0.29, 0.717) is 13.0 Å². The second-order valence-electron chi connectivity index (χ2n) is 7.30. The van der Waals surface area contributed by atoms with Crippen LogP contribution in [0.15, 0.2) is 0 Å². The van der Waals surface area contributed by atoms with Crippen LogP contribution in [0.2, 0.25) is 0 Å². The SMILES string of the molecule is [CH2]CCCCCCCCC(=O)OCCCCCC1CCCCC1. The lowest BCUT2D eigenvalue weighted by Gasteiger charge is -2.21. The molecule has 135 valence electrons. The van der Waals surface area contributed by atoms with Gasteiger partial charge in [0.1, 0.15) is 0 Å². The first-order valence-electron chi connectivity index (χ1n) is 10.3. The molecule has 0 atom stereocenters. The van der Waals surface area contributed by atoms with Gasteiger partial charge in [0, 0.05) is 6.42 Å². The highest BCUT2D eigenvalue weighted by molar-refractivity contribution is 5.69. The van der Waals surface area contributed by atoms with Gasteiger partial charge in [-0.1, -0.05) is 96.8 Å². The highest BCUT2D eigenvalue weighted by Crippen LogP contribution is 2.27. The third kappa shape index (κ3) is 12.5. The highest BCUT2D eigenvalue weighted by atomic mass is 16.5. The van der Waals surface area contributed by atoms with Crippen molar-refractivity contribution < 1.29 is 9.53 Å². The van der Waals surface area contributed by atoms with Crippen molar-refractivity contribution in [3.63, 3.8) is 0 Å². The monoisotopic (exact) mass is 323 g/mol. The minimum Gasteiger partial charge on any atom is -0.466 e. The number of carbonyl (C=O) groups is 1. The number of hydrogen-bond acceptors (Lipinski definition) is 2. The molecule has 0 spiro atoms. The van der Waals surface area contributed by atoms with E-state index < -0.39 is 0 Å². The molecule has 0 bridgehead atoms. The van der Waals surface area contributed by atoms with E-state index in [1.54, 1.807) is 0 Å². The van der Waals surface area contributed by atoms with Gasteiger partial charge in [0.25, 0.3) is 0 Å². The Morgan fingerprint density at radius 3 is 2.22 bits per heavy atom. The molecule has 0 N–H and O–H groups in total. The molecule has 0 aliphatic heterocycles. The summed E-state index contributed by atoms with van der Waals surface area (Å²) in [5, 5.41) is 0. The van der Waals surface area contributed by atoms with Gasteiger partial charge in [0.15, 0.2) is 0 Å². The molecule has 0 saturated heterocycles. The molecule has 0 aromatic carbocycles. The lowest BCUT2D eigenvalue weighted by molar-refractivity contribution is -0.143. The summed E-state index contributed by atoms with van der Waals surface area (Å²) in [6, 6.07) is 0. The zero-order valence-corrected chi connectivity index (χ0v) is 15.3. The van der Waals surface area contributed by atoms with E-state index in [-0.39, 0.29) is 5.97 Å². The van der Waals surface area contributed by atoms with Gasteiger partial charge < -0.3 is 4.74 Å². The minimum atomic E-state index is 0.00930. The highest BCUT2D eigenvalue weighted by Gasteiger charge is 2.12. The molecular formula is C21H39O2. The van der Waals surface area contributed by atoms with Crippen LogP contribution in [-0.2, 0) is 9.53 Å². The van der Waals surface area contributed by atoms with Crippen molar-refractivity contribution in [2.75, 3.05) is 6.61 Å². The molecule has 0 heterocycles. The van der Waals surface area contributed by atoms with Crippen molar-refractivity contribution in [1.82, 2.24) is 0 Å². The van der Waals surface area contributed by atoms with Crippen LogP contribution in [0.4, 0.5) is 0 Å². The molecule has 0 aromatic rings. The Labute approximate surface area is 144 Å². The van der Waals surface area contributed by atoms with Gasteiger partial charge in [-0.05, 0) is 18.8 Å². The van der Waals surface area contributed by atoms with E-state index in [4.69, 9.17) is 4.74 Å². The normalized spacial score (nSPS) is 15.7. The smallest absolute Gasteiger partial charge is 0.305 e. The summed E-state index contributed by atoms with van der Waals surface area (Å²) in [4.78, 5) is 11.6. The Kier molecular flexibility index (Phi) is 13.4. The number of unbranched alkanes of at least 4 members (excludes halogenated alkanes) is 8. The zero-order chi connectivity index (χ0) is 16.6. The minimum absolute atomic E-state index is 0.00930. The number of carbonyl (C=O) groups excluding carboxylic acids is 1. The van der Waals surface area contributed by atoms with Gasteiger partial charge in [-0.2, -0.15) is 0 Å². The van der Waals surface area contributed by atoms with Gasteiger partial charge >= 0.3 is 5.97 Å². The molecule has 0 unspecified atom stereocenters. The number of esters is 1. The van der Waals surface area contributed by atoms with Crippen LogP contribution >= 0.6 is 0 Å². The van der Waals surface area contributed by atoms with Gasteiger partial charge in [0.2, 0.25) is 0 Å². The molecule has 2 nitrogen and oxygen atoms in total. The predicted octanol–water partition coefficient (Wildman–Crippen LogP) is 6.63. The molecule has 0 amide bonds. The van der Waals surface area contributed by atoms with Gasteiger partial charge in [-0.3, -0.25) is 4.79 Å². The van der Waals surface area contributed by atoms with Crippen molar-refractivity contribution in [2.45, 2.75) is 109 Å². The van der Waals surface area contributed by atoms with Crippen LogP contribution in [0.1, 0.15) is 109 Å². The van der Waals surface area contributed by atoms with Crippen molar-refractivity contribution in [3.05, 3.63) is 6.92 Å². The summed E-state index contributed by atoms with van der Waals surface area (Å²) in [5.74, 6) is 0.995. The topological polar surface area (TPSA) is 26.3 Å². The summed E-state index contributed by atoms with van der Waals surface area (Å²) < 4.78 is 5.33. The summed E-state index contributed by atoms with van der Waals surface area (Å²) in [5.41, 5.74) is 0. The molecular weight excluding hydrogens is 284 g/mol. The van der Waals surface area contributed by atoms with E-state index in [1.165, 1.54) is 77.0 Å². The van der Waals surface area contributed by atoms with E-state index in [0.717, 1.165) is 31.6 Å². The maximum absolute atomic E-state index is 11.6. The summed E-state index contributed by atoms with van der Waals surface area (Å²) in [6.45, 7) is 4.48. The fraction of sp³-hybridized carbons (Fsp3) is 0.905. The maximum Gasteiger partial charge on any atom is 0.305 e. The molecule has 1 saturated carbocycles. The van der Waals surface area contributed by atoms with Crippen molar-refractivity contribution in [2.24, 2.45) is 5.92 Å². The van der Waals surface area contributed by atoms with Crippen LogP contribution < -0.4 is 0 Å². The standard InChI is InChI=1S/C21H39O2/c1-2-3-4-5-6-7-13-18-21(22)23-19-14-9-12-17-20-15-10-8-11-16-20/h20H,1-19H2. The maximum atomic E-state index is 11.6. The van der Waals surface area contributed by atoms with Crippen LogP contribution in [0.3, 0.4) is 0 Å². The Hall–Kier alpha value is -0.530. The fourth-order valence-corrected chi connectivity index (χ4v) is 3.60. The van der Waals surface area contributed by atoms with Crippen LogP contribution in [0.25, 0.3) is 0 Å². The molecule has 1 radical (unpaired) electrons. The summed E-state index contributed by atoms with van der Waals surface area (Å²) >= 11 is 0. The zero-order valence-electron chi connectivity index (χ0n) is 15.3. The first-order chi connectivity index (χ1) is 11.3.